The van der Waals surface area contributed by atoms with Crippen LogP contribution in [0.15, 0.2) is 108 Å². The van der Waals surface area contributed by atoms with Crippen LogP contribution >= 0.6 is 0 Å². The Balaban J connectivity index is 1.35. The second-order valence-corrected chi connectivity index (χ2v) is 15.6. The van der Waals surface area contributed by atoms with Crippen molar-refractivity contribution in [2.24, 2.45) is 4.99 Å². The fourth-order valence-corrected chi connectivity index (χ4v) is 8.38. The number of amides is 1. The first-order valence-corrected chi connectivity index (χ1v) is 20.0. The van der Waals surface area contributed by atoms with Crippen LogP contribution in [-0.2, 0) is 49.3 Å². The van der Waals surface area contributed by atoms with E-state index in [1.807, 2.05) is 95.9 Å². The lowest BCUT2D eigenvalue weighted by atomic mass is 9.57. The molecule has 0 radical (unpaired) electrons. The predicted molar refractivity (Wildman–Crippen MR) is 204 cm³/mol. The topological polar surface area (TPSA) is 124 Å². The summed E-state index contributed by atoms with van der Waals surface area (Å²) in [4.78, 5) is 33.5. The molecule has 1 aliphatic heterocycles. The molecule has 2 aliphatic rings. The van der Waals surface area contributed by atoms with Crippen LogP contribution in [0.2, 0.25) is 0 Å². The van der Waals surface area contributed by atoms with Gasteiger partial charge in [-0.3, -0.25) is 4.79 Å². The molecule has 1 saturated carbocycles. The van der Waals surface area contributed by atoms with Crippen molar-refractivity contribution in [2.45, 2.75) is 70.1 Å². The zero-order valence-electron chi connectivity index (χ0n) is 30.4. The van der Waals surface area contributed by atoms with Crippen molar-refractivity contribution in [3.63, 3.8) is 0 Å². The van der Waals surface area contributed by atoms with Gasteiger partial charge in [0.2, 0.25) is 10.0 Å². The summed E-state index contributed by atoms with van der Waals surface area (Å²) in [6.45, 7) is 2.55. The van der Waals surface area contributed by atoms with E-state index in [0.29, 0.717) is 25.1 Å². The number of carbonyl (C=O) groups excluding carboxylic acids is 2. The van der Waals surface area contributed by atoms with E-state index in [1.54, 1.807) is 6.92 Å². The molecule has 1 heterocycles. The third kappa shape index (κ3) is 9.72. The second-order valence-electron chi connectivity index (χ2n) is 13.7. The highest BCUT2D eigenvalue weighted by atomic mass is 32.2. The zero-order chi connectivity index (χ0) is 38.0. The number of sulfonamides is 1. The minimum absolute atomic E-state index is 0.00991. The van der Waals surface area contributed by atoms with Gasteiger partial charge in [-0.2, -0.15) is 4.99 Å². The molecular weight excluding hydrogens is 710 g/mol. The van der Waals surface area contributed by atoms with Gasteiger partial charge in [-0.05, 0) is 77.8 Å². The molecule has 54 heavy (non-hydrogen) atoms. The number of nitrogens with zero attached hydrogens (tertiary/aromatic N) is 2. The van der Waals surface area contributed by atoms with Crippen molar-refractivity contribution >= 4 is 27.9 Å². The quantitative estimate of drug-likeness (QED) is 0.0576. The first-order chi connectivity index (χ1) is 26.2. The molecule has 10 nitrogen and oxygen atoms in total. The van der Waals surface area contributed by atoms with E-state index in [0.717, 1.165) is 47.1 Å². The van der Waals surface area contributed by atoms with Crippen LogP contribution < -0.4 is 9.46 Å². The minimum atomic E-state index is -3.39. The minimum Gasteiger partial charge on any atom is -0.492 e. The maximum absolute atomic E-state index is 14.3. The number of rotatable bonds is 15. The number of halogens is 1. The van der Waals surface area contributed by atoms with Crippen LogP contribution in [0.3, 0.4) is 0 Å². The first-order valence-electron chi connectivity index (χ1n) is 18.4. The van der Waals surface area contributed by atoms with Crippen molar-refractivity contribution < 1.29 is 36.6 Å². The average Bonchev–Trinajstić information content (AvgIpc) is 3.16. The Hall–Kier alpha value is -5.07. The molecule has 1 N–H and O–H groups in total. The standard InChI is InChI=1S/C42H46FN3O7S/c1-2-26-54(49,50)44-23-25-51-36-19-14-33-20-24-46(40(37(33)27-36)42(21-9-22-42)34-15-17-35(43)18-16-34)38(28-39(47)52-29-31-10-5-3-6-11-31)45-41(48)53-30-32-12-7-4-8-13-32/h3-8,10-19,27,40,44H,2,9,20-26,28-30H2,1H3. The predicted octanol–water partition coefficient (Wildman–Crippen LogP) is 7.42. The molecule has 12 heteroatoms. The Kier molecular flexibility index (Phi) is 12.8. The van der Waals surface area contributed by atoms with E-state index >= 15 is 0 Å². The van der Waals surface area contributed by atoms with Crippen LogP contribution in [0.25, 0.3) is 0 Å². The Labute approximate surface area is 316 Å². The molecule has 0 aromatic heterocycles. The summed E-state index contributed by atoms with van der Waals surface area (Å²) in [5, 5.41) is 0. The van der Waals surface area contributed by atoms with Gasteiger partial charge < -0.3 is 19.1 Å². The van der Waals surface area contributed by atoms with Gasteiger partial charge in [-0.25, -0.2) is 22.3 Å². The normalized spacial score (nSPS) is 16.5. The fourth-order valence-electron chi connectivity index (χ4n) is 7.30. The van der Waals surface area contributed by atoms with Crippen LogP contribution in [-0.4, -0.2) is 56.7 Å². The van der Waals surface area contributed by atoms with E-state index in [2.05, 4.69) is 9.71 Å². The molecule has 4 aromatic carbocycles. The number of esters is 1. The van der Waals surface area contributed by atoms with Crippen LogP contribution in [0.5, 0.6) is 5.75 Å². The third-order valence-corrected chi connectivity index (χ3v) is 11.6. The summed E-state index contributed by atoms with van der Waals surface area (Å²) in [6.07, 6.45) is 2.44. The lowest BCUT2D eigenvalue weighted by molar-refractivity contribution is -0.143. The van der Waals surface area contributed by atoms with Crippen molar-refractivity contribution in [3.05, 3.63) is 137 Å². The molecule has 4 aromatic rings. The molecule has 1 atom stereocenters. The number of aliphatic imine (C=N–C) groups is 1. The van der Waals surface area contributed by atoms with Gasteiger partial charge in [0.25, 0.3) is 0 Å². The van der Waals surface area contributed by atoms with E-state index in [9.17, 15) is 22.4 Å². The lowest BCUT2D eigenvalue weighted by Crippen LogP contribution is -2.53. The summed E-state index contributed by atoms with van der Waals surface area (Å²) in [6, 6.07) is 30.6. The first kappa shape index (κ1) is 38.6. The Morgan fingerprint density at radius 3 is 2.20 bits per heavy atom. The van der Waals surface area contributed by atoms with Crippen LogP contribution in [0.1, 0.15) is 72.9 Å². The van der Waals surface area contributed by atoms with Gasteiger partial charge in [0.15, 0.2) is 0 Å². The van der Waals surface area contributed by atoms with Gasteiger partial charge in [-0.1, -0.05) is 92.2 Å². The maximum atomic E-state index is 14.3. The number of hydrogen-bond acceptors (Lipinski definition) is 7. The van der Waals surface area contributed by atoms with Crippen molar-refractivity contribution in [1.29, 1.82) is 0 Å². The summed E-state index contributed by atoms with van der Waals surface area (Å²) >= 11 is 0. The van der Waals surface area contributed by atoms with Crippen molar-refractivity contribution in [2.75, 3.05) is 25.4 Å². The molecule has 1 amide bonds. The number of amidine groups is 1. The Morgan fingerprint density at radius 2 is 1.57 bits per heavy atom. The number of nitrogens with one attached hydrogen (secondary N) is 1. The largest absolute Gasteiger partial charge is 0.492 e. The molecule has 1 unspecified atom stereocenters. The van der Waals surface area contributed by atoms with Crippen LogP contribution in [0.4, 0.5) is 9.18 Å². The summed E-state index contributed by atoms with van der Waals surface area (Å²) < 4.78 is 58.6. The molecule has 0 saturated heterocycles. The second kappa shape index (κ2) is 17.8. The van der Waals surface area contributed by atoms with E-state index < -0.39 is 33.5 Å². The molecule has 1 aliphatic carbocycles. The molecule has 6 rings (SSSR count). The Morgan fingerprint density at radius 1 is 0.907 bits per heavy atom. The summed E-state index contributed by atoms with van der Waals surface area (Å²) in [5.74, 6) is -0.0918. The summed E-state index contributed by atoms with van der Waals surface area (Å²) in [7, 11) is -3.39. The molecule has 284 valence electrons. The molecule has 0 bridgehead atoms. The fraction of sp³-hybridized carbons (Fsp3) is 0.357. The van der Waals surface area contributed by atoms with Crippen LogP contribution in [0, 0.1) is 5.82 Å². The van der Waals surface area contributed by atoms with E-state index in [4.69, 9.17) is 14.2 Å². The third-order valence-electron chi connectivity index (χ3n) is 10.0. The van der Waals surface area contributed by atoms with E-state index in [-0.39, 0.29) is 50.2 Å². The number of hydrogen-bond donors (Lipinski definition) is 1. The highest BCUT2D eigenvalue weighted by Crippen LogP contribution is 2.56. The average molecular weight is 756 g/mol. The number of fused-ring (bicyclic) bond motifs is 1. The number of carbonyl (C=O) groups is 2. The number of benzene rings is 4. The van der Waals surface area contributed by atoms with Gasteiger partial charge in [0.1, 0.15) is 43.6 Å². The SMILES string of the molecule is CCCS(=O)(=O)NCCOc1ccc2c(c1)C(C1(c3ccc(F)cc3)CCC1)N(C(CC(=O)OCc1ccccc1)=NC(=O)OCc1ccccc1)CC2. The van der Waals surface area contributed by atoms with Gasteiger partial charge in [0.05, 0.1) is 11.8 Å². The lowest BCUT2D eigenvalue weighted by Gasteiger charge is -2.55. The van der Waals surface area contributed by atoms with E-state index in [1.165, 1.54) is 12.1 Å². The monoisotopic (exact) mass is 755 g/mol. The Bertz CT molecular complexity index is 2020. The zero-order valence-corrected chi connectivity index (χ0v) is 31.2. The summed E-state index contributed by atoms with van der Waals surface area (Å²) in [5.41, 5.74) is 4.04. The molecular formula is C42H46FN3O7S. The highest BCUT2D eigenvalue weighted by Gasteiger charge is 2.51. The highest BCUT2D eigenvalue weighted by molar-refractivity contribution is 7.89. The molecule has 1 fully saturated rings. The van der Waals surface area contributed by atoms with Crippen molar-refractivity contribution in [3.8, 4) is 5.75 Å². The molecule has 0 spiro atoms. The van der Waals surface area contributed by atoms with Crippen molar-refractivity contribution in [1.82, 2.24) is 9.62 Å². The maximum Gasteiger partial charge on any atom is 0.435 e. The van der Waals surface area contributed by atoms with Gasteiger partial charge in [-0.15, -0.1) is 0 Å². The smallest absolute Gasteiger partial charge is 0.435 e. The van der Waals surface area contributed by atoms with Gasteiger partial charge in [0, 0.05) is 18.5 Å². The number of ether oxygens (including phenoxy) is 3. The van der Waals surface area contributed by atoms with Gasteiger partial charge >= 0.3 is 12.1 Å².